The summed E-state index contributed by atoms with van der Waals surface area (Å²) in [5, 5.41) is 0. The second-order valence-corrected chi connectivity index (χ2v) is 6.67. The largest absolute Gasteiger partial charge is 0.459 e. The number of rotatable bonds is 4. The Labute approximate surface area is 124 Å². The number of hydrogen-bond acceptors (Lipinski definition) is 5. The van der Waals surface area contributed by atoms with Gasteiger partial charge in [-0.2, -0.15) is 13.1 Å². The van der Waals surface area contributed by atoms with E-state index in [0.717, 1.165) is 5.56 Å². The highest BCUT2D eigenvalue weighted by Crippen LogP contribution is 2.20. The highest BCUT2D eigenvalue weighted by atomic mass is 32.2. The lowest BCUT2D eigenvalue weighted by Crippen LogP contribution is -2.50. The molecule has 2 atom stereocenters. The Morgan fingerprint density at radius 2 is 2.05 bits per heavy atom. The van der Waals surface area contributed by atoms with Crippen LogP contribution in [-0.2, 0) is 30.6 Å². The molecule has 2 rings (SSSR count). The summed E-state index contributed by atoms with van der Waals surface area (Å²) in [6, 6.07) is 8.85. The predicted molar refractivity (Wildman–Crippen MR) is 76.4 cm³/mol. The van der Waals surface area contributed by atoms with Crippen LogP contribution in [0.5, 0.6) is 0 Å². The van der Waals surface area contributed by atoms with Crippen LogP contribution >= 0.6 is 0 Å². The topological polar surface area (TPSA) is 81.7 Å². The lowest BCUT2D eigenvalue weighted by Gasteiger charge is -2.30. The summed E-state index contributed by atoms with van der Waals surface area (Å²) in [6.07, 6.45) is -0.822. The Morgan fingerprint density at radius 1 is 1.38 bits per heavy atom. The third kappa shape index (κ3) is 4.52. The summed E-state index contributed by atoms with van der Waals surface area (Å²) >= 11 is 0. The Morgan fingerprint density at radius 3 is 2.67 bits per heavy atom. The Bertz CT molecular complexity index is 585. The standard InChI is InChI=1S/C14H19NO5S/c1-10(2)12-8-13(20-21(17,18)15-12)14(16)19-9-11-6-4-3-5-7-11/h3-7,10,12-13,15H,8-9H2,1-2H3/t12-,13+/m1/s1. The van der Waals surface area contributed by atoms with E-state index in [1.165, 1.54) is 0 Å². The molecule has 1 aliphatic rings. The van der Waals surface area contributed by atoms with E-state index in [2.05, 4.69) is 4.72 Å². The molecule has 0 amide bonds. The number of ether oxygens (including phenoxy) is 1. The van der Waals surface area contributed by atoms with E-state index in [4.69, 9.17) is 8.92 Å². The van der Waals surface area contributed by atoms with E-state index in [0.29, 0.717) is 0 Å². The summed E-state index contributed by atoms with van der Waals surface area (Å²) < 4.78 is 35.5. The van der Waals surface area contributed by atoms with E-state index in [-0.39, 0.29) is 25.0 Å². The second-order valence-electron chi connectivity index (χ2n) is 5.34. The highest BCUT2D eigenvalue weighted by Gasteiger charge is 2.38. The molecular weight excluding hydrogens is 294 g/mol. The molecule has 7 heteroatoms. The maximum absolute atomic E-state index is 12.0. The van der Waals surface area contributed by atoms with Crippen molar-refractivity contribution >= 4 is 16.3 Å². The van der Waals surface area contributed by atoms with Crippen molar-refractivity contribution in [2.75, 3.05) is 0 Å². The van der Waals surface area contributed by atoms with E-state index in [1.54, 1.807) is 0 Å². The van der Waals surface area contributed by atoms with Crippen LogP contribution in [0.2, 0.25) is 0 Å². The summed E-state index contributed by atoms with van der Waals surface area (Å²) in [6.45, 7) is 3.86. The summed E-state index contributed by atoms with van der Waals surface area (Å²) in [4.78, 5) is 12.0. The van der Waals surface area contributed by atoms with Crippen LogP contribution in [0.25, 0.3) is 0 Å². The van der Waals surface area contributed by atoms with Crippen molar-refractivity contribution in [2.24, 2.45) is 5.92 Å². The van der Waals surface area contributed by atoms with Gasteiger partial charge in [0.1, 0.15) is 6.61 Å². The van der Waals surface area contributed by atoms with Crippen LogP contribution in [-0.4, -0.2) is 26.5 Å². The van der Waals surface area contributed by atoms with Gasteiger partial charge in [0.25, 0.3) is 0 Å². The number of carbonyl (C=O) groups excluding carboxylic acids is 1. The zero-order chi connectivity index (χ0) is 15.5. The first-order chi connectivity index (χ1) is 9.87. The first-order valence-electron chi connectivity index (χ1n) is 6.78. The monoisotopic (exact) mass is 313 g/mol. The zero-order valence-electron chi connectivity index (χ0n) is 12.0. The minimum absolute atomic E-state index is 0.0631. The molecule has 1 fully saturated rings. The molecule has 0 aliphatic carbocycles. The number of esters is 1. The molecule has 0 radical (unpaired) electrons. The van der Waals surface area contributed by atoms with Crippen LogP contribution in [0.1, 0.15) is 25.8 Å². The normalized spacial score (nSPS) is 24.7. The minimum atomic E-state index is -3.90. The van der Waals surface area contributed by atoms with Gasteiger partial charge in [0.2, 0.25) is 0 Å². The predicted octanol–water partition coefficient (Wildman–Crippen LogP) is 1.38. The average molecular weight is 313 g/mol. The molecule has 1 saturated heterocycles. The Kier molecular flexibility index (Phi) is 4.97. The van der Waals surface area contributed by atoms with E-state index >= 15 is 0 Å². The van der Waals surface area contributed by atoms with Crippen LogP contribution in [0.4, 0.5) is 0 Å². The van der Waals surface area contributed by atoms with Crippen LogP contribution in [0.15, 0.2) is 30.3 Å². The van der Waals surface area contributed by atoms with Gasteiger partial charge in [0.15, 0.2) is 6.10 Å². The molecule has 0 saturated carbocycles. The molecule has 6 nitrogen and oxygen atoms in total. The fourth-order valence-electron chi connectivity index (χ4n) is 2.05. The van der Waals surface area contributed by atoms with Crippen LogP contribution < -0.4 is 4.72 Å². The Balaban J connectivity index is 1.98. The van der Waals surface area contributed by atoms with Crippen molar-refractivity contribution in [3.05, 3.63) is 35.9 Å². The summed E-state index contributed by atoms with van der Waals surface area (Å²) in [5.74, 6) is -0.595. The van der Waals surface area contributed by atoms with Crippen molar-refractivity contribution in [2.45, 2.75) is 39.0 Å². The van der Waals surface area contributed by atoms with Gasteiger partial charge in [-0.1, -0.05) is 44.2 Å². The molecule has 0 spiro atoms. The van der Waals surface area contributed by atoms with Crippen LogP contribution in [0.3, 0.4) is 0 Å². The molecular formula is C14H19NO5S. The van der Waals surface area contributed by atoms with E-state index in [1.807, 2.05) is 44.2 Å². The molecule has 0 aromatic heterocycles. The van der Waals surface area contributed by atoms with Crippen molar-refractivity contribution in [1.29, 1.82) is 0 Å². The highest BCUT2D eigenvalue weighted by molar-refractivity contribution is 7.84. The number of nitrogens with one attached hydrogen (secondary N) is 1. The molecule has 1 N–H and O–H groups in total. The number of benzene rings is 1. The fourth-order valence-corrected chi connectivity index (χ4v) is 3.31. The molecule has 0 unspecified atom stereocenters. The third-order valence-electron chi connectivity index (χ3n) is 3.30. The molecule has 1 aromatic rings. The zero-order valence-corrected chi connectivity index (χ0v) is 12.8. The summed E-state index contributed by atoms with van der Waals surface area (Å²) in [7, 11) is -3.90. The van der Waals surface area contributed by atoms with Gasteiger partial charge in [-0.05, 0) is 11.5 Å². The quantitative estimate of drug-likeness (QED) is 0.849. The molecule has 1 heterocycles. The number of carbonyl (C=O) groups is 1. The summed E-state index contributed by atoms with van der Waals surface area (Å²) in [5.41, 5.74) is 0.836. The average Bonchev–Trinajstić information content (AvgIpc) is 2.44. The fraction of sp³-hybridized carbons (Fsp3) is 0.500. The van der Waals surface area contributed by atoms with Gasteiger partial charge in [-0.3, -0.25) is 0 Å². The lowest BCUT2D eigenvalue weighted by atomic mass is 9.99. The van der Waals surface area contributed by atoms with Crippen molar-refractivity contribution in [3.63, 3.8) is 0 Å². The molecule has 1 aliphatic heterocycles. The van der Waals surface area contributed by atoms with Gasteiger partial charge in [0.05, 0.1) is 0 Å². The third-order valence-corrected chi connectivity index (χ3v) is 4.38. The smallest absolute Gasteiger partial charge is 0.337 e. The van der Waals surface area contributed by atoms with E-state index < -0.39 is 22.4 Å². The van der Waals surface area contributed by atoms with Gasteiger partial charge >= 0.3 is 16.3 Å². The molecule has 21 heavy (non-hydrogen) atoms. The first-order valence-corrected chi connectivity index (χ1v) is 8.19. The first kappa shape index (κ1) is 15.9. The minimum Gasteiger partial charge on any atom is -0.459 e. The molecule has 0 bridgehead atoms. The SMILES string of the molecule is CC(C)[C@H]1C[C@@H](C(=O)OCc2ccccc2)OS(=O)(=O)N1. The molecule has 116 valence electrons. The maximum Gasteiger partial charge on any atom is 0.337 e. The van der Waals surface area contributed by atoms with Crippen molar-refractivity contribution in [1.82, 2.24) is 4.72 Å². The van der Waals surface area contributed by atoms with Crippen molar-refractivity contribution in [3.8, 4) is 0 Å². The molecule has 1 aromatic carbocycles. The van der Waals surface area contributed by atoms with Gasteiger partial charge in [-0.25, -0.2) is 8.98 Å². The van der Waals surface area contributed by atoms with Gasteiger partial charge < -0.3 is 4.74 Å². The number of hydrogen-bond donors (Lipinski definition) is 1. The van der Waals surface area contributed by atoms with E-state index in [9.17, 15) is 13.2 Å². The second kappa shape index (κ2) is 6.55. The van der Waals surface area contributed by atoms with Gasteiger partial charge in [-0.15, -0.1) is 0 Å². The van der Waals surface area contributed by atoms with Crippen molar-refractivity contribution < 1.29 is 22.1 Å². The lowest BCUT2D eigenvalue weighted by molar-refractivity contribution is -0.154. The van der Waals surface area contributed by atoms with Gasteiger partial charge in [0, 0.05) is 12.5 Å². The Hall–Kier alpha value is -1.44. The van der Waals surface area contributed by atoms with Crippen LogP contribution in [0, 0.1) is 5.92 Å². The maximum atomic E-state index is 12.0.